The fourth-order valence-corrected chi connectivity index (χ4v) is 1.75. The molecule has 0 aliphatic rings. The Bertz CT molecular complexity index is 520. The summed E-state index contributed by atoms with van der Waals surface area (Å²) in [5, 5.41) is 2.33. The van der Waals surface area contributed by atoms with Gasteiger partial charge in [0.2, 0.25) is 0 Å². The monoisotopic (exact) mass is 197 g/mol. The summed E-state index contributed by atoms with van der Waals surface area (Å²) in [7, 11) is 0. The van der Waals surface area contributed by atoms with Crippen LogP contribution in [-0.4, -0.2) is 0 Å². The zero-order valence-electron chi connectivity index (χ0n) is 9.12. The minimum atomic E-state index is 0.870. The maximum atomic E-state index is 6.12. The summed E-state index contributed by atoms with van der Waals surface area (Å²) in [5.74, 6) is 0. The van der Waals surface area contributed by atoms with Crippen LogP contribution in [0.3, 0.4) is 0 Å². The fourth-order valence-electron chi connectivity index (χ4n) is 1.75. The van der Waals surface area contributed by atoms with Crippen molar-refractivity contribution in [1.29, 1.82) is 0 Å². The lowest BCUT2D eigenvalue weighted by atomic mass is 10.0. The van der Waals surface area contributed by atoms with Crippen molar-refractivity contribution in [1.82, 2.24) is 0 Å². The van der Waals surface area contributed by atoms with Crippen LogP contribution in [-0.2, 0) is 0 Å². The van der Waals surface area contributed by atoms with Crippen LogP contribution >= 0.6 is 0 Å². The highest BCUT2D eigenvalue weighted by Gasteiger charge is 2.01. The van der Waals surface area contributed by atoms with E-state index in [1.54, 1.807) is 0 Å². The molecule has 2 aromatic rings. The number of nitrogen functional groups attached to an aromatic ring is 1. The number of benzene rings is 2. The van der Waals surface area contributed by atoms with E-state index in [4.69, 9.17) is 5.73 Å². The minimum absolute atomic E-state index is 0.870. The topological polar surface area (TPSA) is 26.0 Å². The average Bonchev–Trinajstić information content (AvgIpc) is 2.22. The highest BCUT2D eigenvalue weighted by Crippen LogP contribution is 2.26. The summed E-state index contributed by atoms with van der Waals surface area (Å²) in [6.07, 6.45) is 2.11. The third-order valence-electron chi connectivity index (χ3n) is 2.45. The van der Waals surface area contributed by atoms with E-state index in [1.165, 1.54) is 11.0 Å². The maximum absolute atomic E-state index is 6.12. The van der Waals surface area contributed by atoms with Crippen molar-refractivity contribution >= 4 is 22.5 Å². The van der Waals surface area contributed by atoms with Crippen molar-refractivity contribution in [2.75, 3.05) is 5.73 Å². The fraction of sp³-hybridized carbons (Fsp3) is 0.143. The van der Waals surface area contributed by atoms with Crippen LogP contribution in [0.4, 0.5) is 5.69 Å². The standard InChI is InChI=1S/C14H15N/c1-10(2)9-12-8-7-11-5-3-4-6-13(11)14(12)15/h3-9H,15H2,1-2H3. The minimum Gasteiger partial charge on any atom is -0.398 e. The van der Waals surface area contributed by atoms with Crippen LogP contribution in [0.25, 0.3) is 16.8 Å². The molecule has 76 valence electrons. The predicted octanol–water partition coefficient (Wildman–Crippen LogP) is 3.85. The summed E-state index contributed by atoms with van der Waals surface area (Å²) in [6.45, 7) is 4.16. The van der Waals surface area contributed by atoms with Crippen molar-refractivity contribution in [3.8, 4) is 0 Å². The molecule has 2 N–H and O–H groups in total. The Labute approximate surface area is 90.2 Å². The molecule has 1 heteroatoms. The van der Waals surface area contributed by atoms with Gasteiger partial charge in [-0.2, -0.15) is 0 Å². The van der Waals surface area contributed by atoms with Crippen molar-refractivity contribution in [2.24, 2.45) is 0 Å². The van der Waals surface area contributed by atoms with Gasteiger partial charge in [-0.25, -0.2) is 0 Å². The second-order valence-corrected chi connectivity index (χ2v) is 4.01. The molecule has 0 amide bonds. The molecule has 0 bridgehead atoms. The lowest BCUT2D eigenvalue weighted by Gasteiger charge is -2.06. The Morgan fingerprint density at radius 2 is 1.80 bits per heavy atom. The Kier molecular flexibility index (Phi) is 2.46. The molecule has 2 aromatic carbocycles. The SMILES string of the molecule is CC(C)=Cc1ccc2ccccc2c1N. The van der Waals surface area contributed by atoms with Crippen LogP contribution in [0, 0.1) is 0 Å². The molecule has 0 saturated heterocycles. The van der Waals surface area contributed by atoms with Gasteiger partial charge in [0.05, 0.1) is 0 Å². The van der Waals surface area contributed by atoms with Gasteiger partial charge in [-0.15, -0.1) is 0 Å². The van der Waals surface area contributed by atoms with Crippen LogP contribution in [0.2, 0.25) is 0 Å². The predicted molar refractivity (Wildman–Crippen MR) is 67.7 cm³/mol. The van der Waals surface area contributed by atoms with Crippen LogP contribution in [0.1, 0.15) is 19.4 Å². The molecule has 0 spiro atoms. The smallest absolute Gasteiger partial charge is 0.0467 e. The Hall–Kier alpha value is -1.76. The number of hydrogen-bond acceptors (Lipinski definition) is 1. The molecule has 1 nitrogen and oxygen atoms in total. The maximum Gasteiger partial charge on any atom is 0.0467 e. The summed E-state index contributed by atoms with van der Waals surface area (Å²) < 4.78 is 0. The zero-order valence-corrected chi connectivity index (χ0v) is 9.12. The van der Waals surface area contributed by atoms with E-state index in [9.17, 15) is 0 Å². The van der Waals surface area contributed by atoms with Crippen LogP contribution < -0.4 is 5.73 Å². The van der Waals surface area contributed by atoms with Gasteiger partial charge in [0, 0.05) is 11.1 Å². The third-order valence-corrected chi connectivity index (χ3v) is 2.45. The van der Waals surface area contributed by atoms with E-state index in [0.29, 0.717) is 0 Å². The van der Waals surface area contributed by atoms with Gasteiger partial charge in [-0.1, -0.05) is 48.0 Å². The molecule has 0 aromatic heterocycles. The summed E-state index contributed by atoms with van der Waals surface area (Å²) in [4.78, 5) is 0. The number of rotatable bonds is 1. The van der Waals surface area contributed by atoms with Crippen LogP contribution in [0.5, 0.6) is 0 Å². The second-order valence-electron chi connectivity index (χ2n) is 4.01. The zero-order chi connectivity index (χ0) is 10.8. The van der Waals surface area contributed by atoms with Gasteiger partial charge in [0.1, 0.15) is 0 Å². The molecule has 0 saturated carbocycles. The highest BCUT2D eigenvalue weighted by atomic mass is 14.6. The molecule has 0 aliphatic heterocycles. The van der Waals surface area contributed by atoms with Gasteiger partial charge in [-0.05, 0) is 24.8 Å². The average molecular weight is 197 g/mol. The van der Waals surface area contributed by atoms with Gasteiger partial charge in [0.25, 0.3) is 0 Å². The Balaban J connectivity index is 2.70. The van der Waals surface area contributed by atoms with E-state index in [-0.39, 0.29) is 0 Å². The number of allylic oxidation sites excluding steroid dienone is 1. The molecule has 0 atom stereocenters. The first kappa shape index (κ1) is 9.78. The van der Waals surface area contributed by atoms with Crippen molar-refractivity contribution in [2.45, 2.75) is 13.8 Å². The van der Waals surface area contributed by atoms with Crippen molar-refractivity contribution in [3.63, 3.8) is 0 Å². The number of fused-ring (bicyclic) bond motifs is 1. The van der Waals surface area contributed by atoms with Crippen molar-refractivity contribution < 1.29 is 0 Å². The lowest BCUT2D eigenvalue weighted by molar-refractivity contribution is 1.42. The number of hydrogen-bond donors (Lipinski definition) is 1. The molecule has 0 heterocycles. The lowest BCUT2D eigenvalue weighted by Crippen LogP contribution is -1.91. The largest absolute Gasteiger partial charge is 0.398 e. The van der Waals surface area contributed by atoms with E-state index < -0.39 is 0 Å². The number of anilines is 1. The third kappa shape index (κ3) is 1.86. The molecular formula is C14H15N. The van der Waals surface area contributed by atoms with Gasteiger partial charge < -0.3 is 5.73 Å². The molecule has 0 unspecified atom stereocenters. The Morgan fingerprint density at radius 3 is 2.53 bits per heavy atom. The number of nitrogens with two attached hydrogens (primary N) is 1. The molecule has 0 fully saturated rings. The molecule has 2 rings (SSSR count). The highest BCUT2D eigenvalue weighted by molar-refractivity contribution is 5.96. The van der Waals surface area contributed by atoms with Gasteiger partial charge in [-0.3, -0.25) is 0 Å². The first-order valence-electron chi connectivity index (χ1n) is 5.10. The summed E-state index contributed by atoms with van der Waals surface area (Å²) in [5.41, 5.74) is 9.36. The second kappa shape index (κ2) is 3.77. The molecule has 0 aliphatic carbocycles. The molecule has 0 radical (unpaired) electrons. The normalized spacial score (nSPS) is 10.3. The van der Waals surface area contributed by atoms with Gasteiger partial charge >= 0.3 is 0 Å². The van der Waals surface area contributed by atoms with Crippen LogP contribution in [0.15, 0.2) is 42.0 Å². The summed E-state index contributed by atoms with van der Waals surface area (Å²) >= 11 is 0. The first-order valence-corrected chi connectivity index (χ1v) is 5.10. The molecule has 15 heavy (non-hydrogen) atoms. The Morgan fingerprint density at radius 1 is 1.07 bits per heavy atom. The van der Waals surface area contributed by atoms with E-state index in [2.05, 4.69) is 44.2 Å². The quantitative estimate of drug-likeness (QED) is 0.690. The van der Waals surface area contributed by atoms with Crippen molar-refractivity contribution in [3.05, 3.63) is 47.5 Å². The van der Waals surface area contributed by atoms with E-state index >= 15 is 0 Å². The summed E-state index contributed by atoms with van der Waals surface area (Å²) in [6, 6.07) is 12.4. The first-order chi connectivity index (χ1) is 7.18. The molecular weight excluding hydrogens is 182 g/mol. The van der Waals surface area contributed by atoms with E-state index in [1.807, 2.05) is 12.1 Å². The van der Waals surface area contributed by atoms with E-state index in [0.717, 1.165) is 16.6 Å². The van der Waals surface area contributed by atoms with Gasteiger partial charge in [0.15, 0.2) is 0 Å².